The molecule has 0 aliphatic rings. The van der Waals surface area contributed by atoms with E-state index < -0.39 is 0 Å². The Morgan fingerprint density at radius 1 is 1.14 bits per heavy atom. The fourth-order valence-electron chi connectivity index (χ4n) is 3.39. The molecule has 1 amide bonds. The molecule has 0 spiro atoms. The first kappa shape index (κ1) is 24.0. The fraction of sp³-hybridized carbons (Fsp3) is 0.154. The first-order valence-corrected chi connectivity index (χ1v) is 11.9. The number of hydrazone groups is 1. The molecule has 0 atom stereocenters. The molecule has 0 saturated heterocycles. The lowest BCUT2D eigenvalue weighted by Crippen LogP contribution is -2.34. The summed E-state index contributed by atoms with van der Waals surface area (Å²) in [5, 5.41) is 22.2. The van der Waals surface area contributed by atoms with Crippen molar-refractivity contribution in [3.05, 3.63) is 83.9 Å². The second-order valence-electron chi connectivity index (χ2n) is 7.80. The summed E-state index contributed by atoms with van der Waals surface area (Å²) in [4.78, 5) is 12.5. The zero-order chi connectivity index (χ0) is 24.8. The highest BCUT2D eigenvalue weighted by molar-refractivity contribution is 7.99. The number of carbonyl (C=O) groups is 1. The number of para-hydroxylation sites is 1. The highest BCUT2D eigenvalue weighted by Gasteiger charge is 2.24. The van der Waals surface area contributed by atoms with Crippen LogP contribution in [0.4, 0.5) is 0 Å². The van der Waals surface area contributed by atoms with Crippen LogP contribution in [0.3, 0.4) is 0 Å². The van der Waals surface area contributed by atoms with Gasteiger partial charge >= 0.3 is 5.16 Å². The van der Waals surface area contributed by atoms with Crippen molar-refractivity contribution in [1.29, 1.82) is 0 Å². The first-order valence-electron chi connectivity index (χ1n) is 10.9. The van der Waals surface area contributed by atoms with Crippen LogP contribution in [0.1, 0.15) is 18.1 Å². The third kappa shape index (κ3) is 5.70. The van der Waals surface area contributed by atoms with Gasteiger partial charge in [0.2, 0.25) is 0 Å². The van der Waals surface area contributed by atoms with E-state index in [9.17, 15) is 9.90 Å². The molecule has 4 aromatic rings. The molecule has 0 bridgehead atoms. The molecule has 0 unspecified atom stereocenters. The number of rotatable bonds is 8. The van der Waals surface area contributed by atoms with Crippen LogP contribution in [0.25, 0.3) is 17.1 Å². The Kier molecular flexibility index (Phi) is 7.47. The number of nitrogens with zero attached hydrogens (tertiary/aromatic N) is 3. The number of methoxy groups -OCH3 is 1. The van der Waals surface area contributed by atoms with Crippen molar-refractivity contribution < 1.29 is 19.2 Å². The van der Waals surface area contributed by atoms with Crippen molar-refractivity contribution in [1.82, 2.24) is 15.6 Å². The van der Waals surface area contributed by atoms with Crippen molar-refractivity contribution >= 4 is 23.4 Å². The smallest absolute Gasteiger partial charge is 0.342 e. The van der Waals surface area contributed by atoms with E-state index in [-0.39, 0.29) is 17.4 Å². The normalized spacial score (nSPS) is 11.3. The number of amides is 1. The molecule has 0 saturated carbocycles. The average Bonchev–Trinajstić information content (AvgIpc) is 3.31. The number of ether oxygens (including phenoxy) is 1. The topological polar surface area (TPSA) is 103 Å². The van der Waals surface area contributed by atoms with Crippen LogP contribution in [0.2, 0.25) is 0 Å². The first-order chi connectivity index (χ1) is 17.0. The quantitative estimate of drug-likeness (QED) is 0.151. The maximum atomic E-state index is 12.5. The maximum absolute atomic E-state index is 12.5. The van der Waals surface area contributed by atoms with Crippen molar-refractivity contribution in [2.24, 2.45) is 5.10 Å². The summed E-state index contributed by atoms with van der Waals surface area (Å²) in [6.45, 7) is 3.81. The van der Waals surface area contributed by atoms with Crippen LogP contribution in [0, 0.1) is 6.92 Å². The van der Waals surface area contributed by atoms with Crippen LogP contribution < -0.4 is 14.7 Å². The third-order valence-electron chi connectivity index (χ3n) is 5.29. The molecule has 9 heteroatoms. The van der Waals surface area contributed by atoms with Gasteiger partial charge in [0.1, 0.15) is 5.69 Å². The zero-order valence-corrected chi connectivity index (χ0v) is 20.5. The number of aromatic amines is 1. The van der Waals surface area contributed by atoms with Crippen LogP contribution in [0.15, 0.2) is 83.1 Å². The van der Waals surface area contributed by atoms with Gasteiger partial charge < -0.3 is 9.84 Å². The van der Waals surface area contributed by atoms with E-state index in [2.05, 4.69) is 32.9 Å². The molecular weight excluding hydrogens is 462 g/mol. The summed E-state index contributed by atoms with van der Waals surface area (Å²) in [5.41, 5.74) is 7.00. The largest absolute Gasteiger partial charge is 0.504 e. The van der Waals surface area contributed by atoms with Crippen molar-refractivity contribution in [2.75, 3.05) is 12.9 Å². The lowest BCUT2D eigenvalue weighted by Gasteiger charge is -2.07. The Morgan fingerprint density at radius 3 is 2.60 bits per heavy atom. The van der Waals surface area contributed by atoms with Gasteiger partial charge in [-0.1, -0.05) is 35.9 Å². The minimum atomic E-state index is -0.264. The number of aromatic nitrogens is 3. The maximum Gasteiger partial charge on any atom is 0.342 e. The minimum Gasteiger partial charge on any atom is -0.504 e. The number of nitrogens with one attached hydrogen (secondary N) is 2. The van der Waals surface area contributed by atoms with Crippen LogP contribution in [-0.2, 0) is 4.79 Å². The molecule has 0 fully saturated rings. The van der Waals surface area contributed by atoms with E-state index in [1.54, 1.807) is 19.1 Å². The second kappa shape index (κ2) is 10.9. The van der Waals surface area contributed by atoms with Gasteiger partial charge in [0.15, 0.2) is 11.5 Å². The molecule has 0 aliphatic heterocycles. The number of thioether (sulfide) groups is 1. The molecule has 1 heterocycles. The number of H-pyrrole nitrogens is 1. The van der Waals surface area contributed by atoms with Gasteiger partial charge in [0.05, 0.1) is 29.2 Å². The summed E-state index contributed by atoms with van der Waals surface area (Å²) in [6, 6.07) is 23.0. The number of hydrogen-bond acceptors (Lipinski definition) is 6. The van der Waals surface area contributed by atoms with Crippen molar-refractivity contribution in [3.8, 4) is 28.6 Å². The van der Waals surface area contributed by atoms with E-state index in [1.807, 2.05) is 54.0 Å². The van der Waals surface area contributed by atoms with Gasteiger partial charge in [0.25, 0.3) is 11.7 Å². The van der Waals surface area contributed by atoms with E-state index >= 15 is 0 Å². The molecule has 0 radical (unpaired) electrons. The molecule has 1 aromatic heterocycles. The number of aromatic hydroxyl groups is 1. The lowest BCUT2D eigenvalue weighted by molar-refractivity contribution is -0.625. The molecule has 0 aliphatic carbocycles. The summed E-state index contributed by atoms with van der Waals surface area (Å²) < 4.78 is 7.13. The lowest BCUT2D eigenvalue weighted by atomic mass is 10.1. The summed E-state index contributed by atoms with van der Waals surface area (Å²) >= 11 is 1.31. The Morgan fingerprint density at radius 2 is 1.89 bits per heavy atom. The van der Waals surface area contributed by atoms with Gasteiger partial charge in [-0.15, -0.1) is 5.10 Å². The Balaban J connectivity index is 1.50. The highest BCUT2D eigenvalue weighted by atomic mass is 32.2. The summed E-state index contributed by atoms with van der Waals surface area (Å²) in [6.07, 6.45) is 0. The van der Waals surface area contributed by atoms with Gasteiger partial charge in [-0.3, -0.25) is 4.79 Å². The number of hydrogen-bond donors (Lipinski definition) is 3. The molecule has 35 heavy (non-hydrogen) atoms. The van der Waals surface area contributed by atoms with Gasteiger partial charge in [-0.25, -0.2) is 5.43 Å². The van der Waals surface area contributed by atoms with E-state index in [0.29, 0.717) is 16.6 Å². The Bertz CT molecular complexity index is 1350. The Hall–Kier alpha value is -4.11. The number of carbonyl (C=O) groups excluding carboxylic acids is 1. The SMILES string of the molecule is COc1cc(/C(C)=N\NC(=O)CSc2n[nH]c(-c3ccc(C)cc3)[n+]2-c2ccccc2)ccc1O. The molecule has 3 N–H and O–H groups in total. The second-order valence-corrected chi connectivity index (χ2v) is 8.74. The van der Waals surface area contributed by atoms with Gasteiger partial charge in [-0.05, 0) is 68.1 Å². The minimum absolute atomic E-state index is 0.0419. The molecule has 3 aromatic carbocycles. The monoisotopic (exact) mass is 488 g/mol. The Labute approximate surface area is 207 Å². The van der Waals surface area contributed by atoms with Crippen LogP contribution in [0.5, 0.6) is 11.5 Å². The number of aryl methyl sites for hydroxylation is 1. The zero-order valence-electron chi connectivity index (χ0n) is 19.6. The van der Waals surface area contributed by atoms with E-state index in [4.69, 9.17) is 4.74 Å². The van der Waals surface area contributed by atoms with Crippen LogP contribution >= 0.6 is 11.8 Å². The van der Waals surface area contributed by atoms with Gasteiger partial charge in [-0.2, -0.15) is 9.67 Å². The summed E-state index contributed by atoms with van der Waals surface area (Å²) in [5.74, 6) is 1.07. The van der Waals surface area contributed by atoms with Crippen LogP contribution in [-0.4, -0.2) is 39.8 Å². The standard InChI is InChI=1S/C26H25N5O3S/c1-17-9-11-19(12-10-17)25-29-30-26(31(25)21-7-5-4-6-8-21)35-16-24(33)28-27-18(2)20-13-14-22(32)23(15-20)34-3/h4-15H,16H2,1-3H3,(H2,27,28,32,33)/p+1. The van der Waals surface area contributed by atoms with Crippen molar-refractivity contribution in [3.63, 3.8) is 0 Å². The predicted octanol–water partition coefficient (Wildman–Crippen LogP) is 4.01. The van der Waals surface area contributed by atoms with E-state index in [1.165, 1.54) is 30.5 Å². The fourth-order valence-corrected chi connectivity index (χ4v) is 4.15. The van der Waals surface area contributed by atoms with E-state index in [0.717, 1.165) is 22.6 Å². The predicted molar refractivity (Wildman–Crippen MR) is 136 cm³/mol. The molecule has 178 valence electrons. The third-order valence-corrected chi connectivity index (χ3v) is 6.23. The number of phenolic OH excluding ortho intramolecular Hbond substituents is 1. The van der Waals surface area contributed by atoms with Crippen molar-refractivity contribution in [2.45, 2.75) is 19.0 Å². The molecule has 4 rings (SSSR count). The highest BCUT2D eigenvalue weighted by Crippen LogP contribution is 2.26. The summed E-state index contributed by atoms with van der Waals surface area (Å²) in [7, 11) is 1.48. The molecule has 8 nitrogen and oxygen atoms in total. The number of benzene rings is 3. The average molecular weight is 489 g/mol. The number of phenols is 1. The van der Waals surface area contributed by atoms with Gasteiger partial charge in [0, 0.05) is 5.56 Å². The molecular formula is C26H26N5O3S+.